The predicted octanol–water partition coefficient (Wildman–Crippen LogP) is 5.48. The van der Waals surface area contributed by atoms with E-state index in [4.69, 9.17) is 22.1 Å². The van der Waals surface area contributed by atoms with Gasteiger partial charge in [-0.1, -0.05) is 35.9 Å². The van der Waals surface area contributed by atoms with Gasteiger partial charge in [0.25, 0.3) is 0 Å². The van der Waals surface area contributed by atoms with E-state index in [0.29, 0.717) is 5.02 Å². The molecule has 3 heteroatoms. The number of rotatable bonds is 3. The molecular weight excluding hydrogens is 294 g/mol. The van der Waals surface area contributed by atoms with Gasteiger partial charge in [0, 0.05) is 10.6 Å². The fourth-order valence-corrected chi connectivity index (χ4v) is 2.53. The lowest BCUT2D eigenvalue weighted by molar-refractivity contribution is 0.483. The molecular formula is C19H18ClNO. The molecule has 112 valence electrons. The molecule has 0 aliphatic rings. The maximum Gasteiger partial charge on any atom is 0.128 e. The molecule has 3 aromatic rings. The van der Waals surface area contributed by atoms with Crippen LogP contribution in [-0.4, -0.2) is 0 Å². The van der Waals surface area contributed by atoms with E-state index >= 15 is 0 Å². The molecule has 0 radical (unpaired) electrons. The number of hydrogen-bond donors (Lipinski definition) is 1. The van der Waals surface area contributed by atoms with Crippen molar-refractivity contribution in [2.45, 2.75) is 19.4 Å². The van der Waals surface area contributed by atoms with Crippen molar-refractivity contribution in [1.29, 1.82) is 0 Å². The molecule has 0 atom stereocenters. The van der Waals surface area contributed by atoms with Gasteiger partial charge in [-0.2, -0.15) is 0 Å². The van der Waals surface area contributed by atoms with Crippen molar-refractivity contribution in [3.63, 3.8) is 0 Å². The maximum absolute atomic E-state index is 6.16. The summed E-state index contributed by atoms with van der Waals surface area (Å²) >= 11 is 5.97. The SMILES string of the molecule is CC(C)(N)c1ccc2cc(Oc3cccc(Cl)c3)ccc2c1. The van der Waals surface area contributed by atoms with Crippen LogP contribution in [0.5, 0.6) is 11.5 Å². The zero-order valence-electron chi connectivity index (χ0n) is 12.6. The molecule has 0 unspecified atom stereocenters. The Labute approximate surface area is 135 Å². The fraction of sp³-hybridized carbons (Fsp3) is 0.158. The number of halogens is 1. The van der Waals surface area contributed by atoms with Gasteiger partial charge in [-0.15, -0.1) is 0 Å². The van der Waals surface area contributed by atoms with Gasteiger partial charge in [0.2, 0.25) is 0 Å². The van der Waals surface area contributed by atoms with Gasteiger partial charge in [0.15, 0.2) is 0 Å². The number of fused-ring (bicyclic) bond motifs is 1. The zero-order valence-corrected chi connectivity index (χ0v) is 13.4. The molecule has 3 rings (SSSR count). The summed E-state index contributed by atoms with van der Waals surface area (Å²) in [5, 5.41) is 2.93. The molecule has 2 N–H and O–H groups in total. The zero-order chi connectivity index (χ0) is 15.7. The average molecular weight is 312 g/mol. The molecule has 0 saturated heterocycles. The minimum absolute atomic E-state index is 0.343. The largest absolute Gasteiger partial charge is 0.457 e. The molecule has 0 amide bonds. The summed E-state index contributed by atoms with van der Waals surface area (Å²) in [6, 6.07) is 19.7. The van der Waals surface area contributed by atoms with Crippen LogP contribution in [0, 0.1) is 0 Å². The monoisotopic (exact) mass is 311 g/mol. The Kier molecular flexibility index (Phi) is 3.81. The predicted molar refractivity (Wildman–Crippen MR) is 92.7 cm³/mol. The van der Waals surface area contributed by atoms with Crippen molar-refractivity contribution >= 4 is 22.4 Å². The topological polar surface area (TPSA) is 35.2 Å². The van der Waals surface area contributed by atoms with Gasteiger partial charge in [-0.3, -0.25) is 0 Å². The molecule has 3 aromatic carbocycles. The smallest absolute Gasteiger partial charge is 0.128 e. The Bertz CT molecular complexity index is 821. The highest BCUT2D eigenvalue weighted by Gasteiger charge is 2.14. The Morgan fingerprint density at radius 3 is 2.27 bits per heavy atom. The first-order chi connectivity index (χ1) is 10.4. The second kappa shape index (κ2) is 5.64. The molecule has 0 saturated carbocycles. The van der Waals surface area contributed by atoms with E-state index in [1.807, 2.05) is 50.2 Å². The van der Waals surface area contributed by atoms with Crippen molar-refractivity contribution in [2.24, 2.45) is 5.73 Å². The number of benzene rings is 3. The van der Waals surface area contributed by atoms with Gasteiger partial charge in [0.1, 0.15) is 11.5 Å². The van der Waals surface area contributed by atoms with Crippen LogP contribution in [0.15, 0.2) is 60.7 Å². The lowest BCUT2D eigenvalue weighted by atomic mass is 9.93. The van der Waals surface area contributed by atoms with Crippen molar-refractivity contribution in [3.8, 4) is 11.5 Å². The molecule has 2 nitrogen and oxygen atoms in total. The van der Waals surface area contributed by atoms with E-state index < -0.39 is 0 Å². The summed E-state index contributed by atoms with van der Waals surface area (Å²) in [4.78, 5) is 0. The molecule has 0 fully saturated rings. The maximum atomic E-state index is 6.16. The highest BCUT2D eigenvalue weighted by atomic mass is 35.5. The molecule has 0 bridgehead atoms. The Hall–Kier alpha value is -2.03. The highest BCUT2D eigenvalue weighted by Crippen LogP contribution is 2.29. The van der Waals surface area contributed by atoms with Gasteiger partial charge < -0.3 is 10.5 Å². The number of ether oxygens (including phenoxy) is 1. The number of hydrogen-bond acceptors (Lipinski definition) is 2. The fourth-order valence-electron chi connectivity index (χ4n) is 2.35. The van der Waals surface area contributed by atoms with E-state index in [0.717, 1.165) is 27.8 Å². The molecule has 0 aliphatic heterocycles. The first-order valence-electron chi connectivity index (χ1n) is 7.18. The van der Waals surface area contributed by atoms with Crippen LogP contribution in [0.25, 0.3) is 10.8 Å². The van der Waals surface area contributed by atoms with E-state index in [-0.39, 0.29) is 5.54 Å². The minimum Gasteiger partial charge on any atom is -0.457 e. The molecule has 0 spiro atoms. The summed E-state index contributed by atoms with van der Waals surface area (Å²) in [5.41, 5.74) is 6.93. The third kappa shape index (κ3) is 3.24. The molecule has 0 heterocycles. The van der Waals surface area contributed by atoms with Crippen molar-refractivity contribution < 1.29 is 4.74 Å². The third-order valence-electron chi connectivity index (χ3n) is 3.59. The first kappa shape index (κ1) is 14.9. The molecule has 0 aliphatic carbocycles. The lowest BCUT2D eigenvalue weighted by Gasteiger charge is -2.19. The van der Waals surface area contributed by atoms with E-state index in [1.54, 1.807) is 6.07 Å². The van der Waals surface area contributed by atoms with Crippen LogP contribution in [0.1, 0.15) is 19.4 Å². The van der Waals surface area contributed by atoms with Crippen LogP contribution >= 0.6 is 11.6 Å². The van der Waals surface area contributed by atoms with Crippen LogP contribution < -0.4 is 10.5 Å². The van der Waals surface area contributed by atoms with Crippen molar-refractivity contribution in [2.75, 3.05) is 0 Å². The number of nitrogens with two attached hydrogens (primary N) is 1. The van der Waals surface area contributed by atoms with E-state index in [1.165, 1.54) is 0 Å². The molecule has 22 heavy (non-hydrogen) atoms. The van der Waals surface area contributed by atoms with Crippen LogP contribution in [0.4, 0.5) is 0 Å². The summed E-state index contributed by atoms with van der Waals surface area (Å²) < 4.78 is 5.86. The third-order valence-corrected chi connectivity index (χ3v) is 3.82. The summed E-state index contributed by atoms with van der Waals surface area (Å²) in [6.07, 6.45) is 0. The quantitative estimate of drug-likeness (QED) is 0.695. The Morgan fingerprint density at radius 2 is 1.55 bits per heavy atom. The normalized spacial score (nSPS) is 11.6. The van der Waals surface area contributed by atoms with Crippen LogP contribution in [-0.2, 0) is 5.54 Å². The van der Waals surface area contributed by atoms with E-state index in [9.17, 15) is 0 Å². The summed E-state index contributed by atoms with van der Waals surface area (Å²) in [7, 11) is 0. The highest BCUT2D eigenvalue weighted by molar-refractivity contribution is 6.30. The Morgan fingerprint density at radius 1 is 0.864 bits per heavy atom. The van der Waals surface area contributed by atoms with Gasteiger partial charge >= 0.3 is 0 Å². The van der Waals surface area contributed by atoms with Gasteiger partial charge in [-0.25, -0.2) is 0 Å². The first-order valence-corrected chi connectivity index (χ1v) is 7.56. The summed E-state index contributed by atoms with van der Waals surface area (Å²) in [5.74, 6) is 1.51. The van der Waals surface area contributed by atoms with Crippen LogP contribution in [0.2, 0.25) is 5.02 Å². The van der Waals surface area contributed by atoms with Crippen molar-refractivity contribution in [1.82, 2.24) is 0 Å². The van der Waals surface area contributed by atoms with Crippen LogP contribution in [0.3, 0.4) is 0 Å². The molecule has 0 aromatic heterocycles. The minimum atomic E-state index is -0.343. The summed E-state index contributed by atoms with van der Waals surface area (Å²) in [6.45, 7) is 4.01. The second-order valence-corrected chi connectivity index (χ2v) is 6.44. The van der Waals surface area contributed by atoms with Gasteiger partial charge in [-0.05, 0) is 66.6 Å². The standard InChI is InChI=1S/C19H18ClNO/c1-19(2,21)15-8-6-14-11-18(9-7-13(14)10-15)22-17-5-3-4-16(20)12-17/h3-12H,21H2,1-2H3. The van der Waals surface area contributed by atoms with Gasteiger partial charge in [0.05, 0.1) is 0 Å². The van der Waals surface area contributed by atoms with Crippen molar-refractivity contribution in [3.05, 3.63) is 71.2 Å². The average Bonchev–Trinajstić information content (AvgIpc) is 2.45. The lowest BCUT2D eigenvalue weighted by Crippen LogP contribution is -2.28. The second-order valence-electron chi connectivity index (χ2n) is 6.00. The van der Waals surface area contributed by atoms with E-state index in [2.05, 4.69) is 18.2 Å². The Balaban J connectivity index is 1.93.